The Hall–Kier alpha value is -13.0. The molecule has 25 nitrogen and oxygen atoms in total. The summed E-state index contributed by atoms with van der Waals surface area (Å²) in [6.45, 7) is 9.19. The van der Waals surface area contributed by atoms with E-state index >= 15 is 0 Å². The minimum absolute atomic E-state index is 0. The van der Waals surface area contributed by atoms with Gasteiger partial charge in [-0.2, -0.15) is 4.31 Å². The quantitative estimate of drug-likeness (QED) is 0.0375. The number of ether oxygens (including phenoxy) is 6. The van der Waals surface area contributed by atoms with Crippen LogP contribution in [-0.4, -0.2) is 136 Å². The molecular weight excluding hydrogens is 1650 g/mol. The molecular formula is C100H110N10O15S2. The Balaban J connectivity index is 0.000000168. The Morgan fingerprint density at radius 1 is 0.504 bits per heavy atom. The fourth-order valence-corrected chi connectivity index (χ4v) is 18.9. The van der Waals surface area contributed by atoms with Crippen LogP contribution in [0.4, 0.5) is 23.3 Å². The van der Waals surface area contributed by atoms with Crippen molar-refractivity contribution in [1.29, 1.82) is 0 Å². The lowest BCUT2D eigenvalue weighted by Gasteiger charge is -2.22. The molecule has 0 bridgehead atoms. The van der Waals surface area contributed by atoms with Gasteiger partial charge in [-0.25, -0.2) is 36.9 Å². The topological polar surface area (TPSA) is 333 Å². The number of aliphatic hydroxyl groups excluding tert-OH is 1. The van der Waals surface area contributed by atoms with Crippen molar-refractivity contribution in [2.75, 3.05) is 76.3 Å². The van der Waals surface area contributed by atoms with E-state index in [1.165, 1.54) is 15.4 Å². The van der Waals surface area contributed by atoms with Crippen LogP contribution < -0.4 is 49.7 Å². The third kappa shape index (κ3) is 18.8. The lowest BCUT2D eigenvalue weighted by atomic mass is 9.90. The maximum absolute atomic E-state index is 13.3. The normalized spacial score (nSPS) is 16.5. The van der Waals surface area contributed by atoms with Crippen molar-refractivity contribution < 1.29 is 76.5 Å². The van der Waals surface area contributed by atoms with Gasteiger partial charge in [-0.15, -0.1) is 0 Å². The number of pyridine rings is 4. The third-order valence-corrected chi connectivity index (χ3v) is 28.0. The Kier molecular flexibility index (Phi) is 26.3. The van der Waals surface area contributed by atoms with Gasteiger partial charge in [0.05, 0.1) is 58.0 Å². The molecule has 7 aliphatic rings. The summed E-state index contributed by atoms with van der Waals surface area (Å²) in [7, 11) is 1.83. The van der Waals surface area contributed by atoms with Crippen LogP contribution in [0.15, 0.2) is 259 Å². The number of aliphatic hydroxyl groups is 1. The molecule has 1 unspecified atom stereocenters. The van der Waals surface area contributed by atoms with Gasteiger partial charge in [-0.05, 0) is 251 Å². The van der Waals surface area contributed by atoms with Crippen molar-refractivity contribution in [2.24, 2.45) is 0 Å². The Labute approximate surface area is 747 Å². The number of rotatable bonds is 24. The van der Waals surface area contributed by atoms with Crippen LogP contribution in [0.25, 0.3) is 44.6 Å². The van der Waals surface area contributed by atoms with Gasteiger partial charge in [-0.3, -0.25) is 19.2 Å². The van der Waals surface area contributed by atoms with Gasteiger partial charge in [-0.1, -0.05) is 147 Å². The molecule has 662 valence electrons. The number of benzene rings is 8. The van der Waals surface area contributed by atoms with Crippen LogP contribution in [0.3, 0.4) is 0 Å². The maximum atomic E-state index is 13.3. The Bertz CT molecular complexity index is 6200. The molecule has 4 aliphatic carbocycles. The molecule has 12 aromatic rings. The first-order valence-corrected chi connectivity index (χ1v) is 44.8. The van der Waals surface area contributed by atoms with Crippen molar-refractivity contribution in [3.63, 3.8) is 0 Å². The van der Waals surface area contributed by atoms with E-state index < -0.39 is 37.3 Å². The van der Waals surface area contributed by atoms with E-state index in [1.54, 1.807) is 93.5 Å². The summed E-state index contributed by atoms with van der Waals surface area (Å²) in [5.41, 5.74) is 12.9. The summed E-state index contributed by atoms with van der Waals surface area (Å²) < 4.78 is 73.8. The summed E-state index contributed by atoms with van der Waals surface area (Å²) in [6.07, 6.45) is 13.2. The van der Waals surface area contributed by atoms with E-state index in [-0.39, 0.29) is 71.4 Å². The maximum Gasteiger partial charge on any atom is 0.243 e. The van der Waals surface area contributed by atoms with E-state index in [0.717, 1.165) is 135 Å². The van der Waals surface area contributed by atoms with Gasteiger partial charge in [0, 0.05) is 59.1 Å². The second-order valence-corrected chi connectivity index (χ2v) is 36.7. The molecule has 2 atom stereocenters. The number of nitrogens with zero attached hydrogens (tertiary/aromatic N) is 6. The van der Waals surface area contributed by atoms with Crippen LogP contribution in [0, 0.1) is 13.8 Å². The van der Waals surface area contributed by atoms with Crippen LogP contribution in [-0.2, 0) is 61.8 Å². The second kappa shape index (κ2) is 37.7. The van der Waals surface area contributed by atoms with Crippen molar-refractivity contribution >= 4 is 67.9 Å². The summed E-state index contributed by atoms with van der Waals surface area (Å²) in [4.78, 5) is 71.4. The zero-order valence-corrected chi connectivity index (χ0v) is 73.6. The number of nitrogens with one attached hydrogen (secondary N) is 4. The number of methoxy groups -OCH3 is 2. The van der Waals surface area contributed by atoms with Gasteiger partial charge >= 0.3 is 0 Å². The number of aromatic nitrogens is 4. The van der Waals surface area contributed by atoms with Gasteiger partial charge < -0.3 is 60.3 Å². The zero-order chi connectivity index (χ0) is 88.1. The van der Waals surface area contributed by atoms with Crippen molar-refractivity contribution in [1.82, 2.24) is 28.5 Å². The Morgan fingerprint density at radius 2 is 0.984 bits per heavy atom. The van der Waals surface area contributed by atoms with Crippen molar-refractivity contribution in [2.45, 2.75) is 135 Å². The fraction of sp³-hybridized carbons (Fsp3) is 0.280. The number of carbonyl (C=O) groups is 4. The van der Waals surface area contributed by atoms with E-state index in [1.807, 2.05) is 171 Å². The second-order valence-electron chi connectivity index (χ2n) is 33.1. The summed E-state index contributed by atoms with van der Waals surface area (Å²) in [6, 6.07) is 72.2. The van der Waals surface area contributed by atoms with E-state index in [2.05, 4.69) is 86.2 Å². The molecule has 0 radical (unpaired) electrons. The molecule has 5 fully saturated rings. The van der Waals surface area contributed by atoms with Gasteiger partial charge in [0.2, 0.25) is 47.2 Å². The number of anilines is 4. The van der Waals surface area contributed by atoms with Crippen LogP contribution in [0.2, 0.25) is 0 Å². The van der Waals surface area contributed by atoms with Crippen LogP contribution in [0.5, 0.6) is 34.5 Å². The van der Waals surface area contributed by atoms with Crippen molar-refractivity contribution in [3.05, 3.63) is 288 Å². The monoisotopic (exact) mass is 1750 g/mol. The number of carbonyl (C=O) groups excluding carboxylic acids is 4. The first kappa shape index (κ1) is 88.8. The summed E-state index contributed by atoms with van der Waals surface area (Å²) >= 11 is 0. The SMILES string of the molecule is CN(C)S(=O)c1ccc(-c2ccc(NC(=O)C3(c4ccc5c(c4)OCO5)CC3)nc2)cc1.COc1ccc(C2(C(=O)Nc3cccc(-c4ccc(S(=O)(=O)N5CCC[C@@H]5CO)cc4)n3)CC2)cc1OC.Cc1c(-c2ccccc2C(C)C)cnc(NC(=O)C2(c3ccc4c(c3)OCO4)CC2)c1C.O.O=C(Nc1ccc(-c2ccccc2)cn1)C1(c2ccccc2)CC1.[HH].[HH].[HH].[HH]. The summed E-state index contributed by atoms with van der Waals surface area (Å²) in [5, 5.41) is 21.5. The zero-order valence-electron chi connectivity index (χ0n) is 72.0. The molecule has 8 aromatic carbocycles. The average molecular weight is 1760 g/mol. The highest BCUT2D eigenvalue weighted by atomic mass is 32.2. The first-order chi connectivity index (χ1) is 61.0. The molecule has 27 heteroatoms. The minimum atomic E-state index is -3.69. The molecule has 4 aromatic heterocycles. The third-order valence-electron chi connectivity index (χ3n) is 24.7. The van der Waals surface area contributed by atoms with Gasteiger partial charge in [0.15, 0.2) is 34.5 Å². The van der Waals surface area contributed by atoms with E-state index in [9.17, 15) is 36.9 Å². The lowest BCUT2D eigenvalue weighted by molar-refractivity contribution is -0.119. The molecule has 127 heavy (non-hydrogen) atoms. The number of sulfonamides is 1. The average Bonchev–Trinajstić information content (AvgIpc) is 1.58. The Morgan fingerprint density at radius 3 is 1.50 bits per heavy atom. The van der Waals surface area contributed by atoms with Gasteiger partial charge in [0.1, 0.15) is 34.3 Å². The van der Waals surface area contributed by atoms with E-state index in [4.69, 9.17) is 28.4 Å². The number of amides is 4. The smallest absolute Gasteiger partial charge is 0.243 e. The molecule has 7 N–H and O–H groups in total. The van der Waals surface area contributed by atoms with Gasteiger partial charge in [0.25, 0.3) is 0 Å². The fourth-order valence-electron chi connectivity index (χ4n) is 16.4. The molecule has 7 heterocycles. The number of fused-ring (bicyclic) bond motifs is 2. The predicted molar refractivity (Wildman–Crippen MR) is 498 cm³/mol. The van der Waals surface area contributed by atoms with Crippen LogP contribution in [0.1, 0.15) is 129 Å². The molecule has 3 aliphatic heterocycles. The summed E-state index contributed by atoms with van der Waals surface area (Å²) in [5.74, 6) is 6.41. The highest BCUT2D eigenvalue weighted by Crippen LogP contribution is 2.55. The number of hydrogen-bond donors (Lipinski definition) is 5. The highest BCUT2D eigenvalue weighted by molar-refractivity contribution is 7.89. The minimum Gasteiger partial charge on any atom is -0.493 e. The largest absolute Gasteiger partial charge is 0.493 e. The number of hydrogen-bond acceptors (Lipinski definition) is 18. The molecule has 4 amide bonds. The van der Waals surface area contributed by atoms with Crippen molar-refractivity contribution in [3.8, 4) is 79.1 Å². The predicted octanol–water partition coefficient (Wildman–Crippen LogP) is 17.8. The first-order valence-electron chi connectivity index (χ1n) is 42.2. The van der Waals surface area contributed by atoms with Crippen LogP contribution >= 0.6 is 0 Å². The molecule has 0 spiro atoms. The highest BCUT2D eigenvalue weighted by Gasteiger charge is 2.55. The molecule has 4 saturated carbocycles. The molecule has 1 saturated heterocycles. The lowest BCUT2D eigenvalue weighted by Crippen LogP contribution is -2.37. The van der Waals surface area contributed by atoms with E-state index in [0.29, 0.717) is 76.6 Å². The standard InChI is InChI=1S/C28H31N3O6S.C27H28N2O3.C24H23N3O4S.C21H18N2O.H2O.4H2/c1-36-24-13-10-20(17-25(24)37-2)28(14-15-28)27(33)30-26-7-3-6-23(29-26)19-8-11-22(12-9-19)38(34,35)31-16-4-5-21(31)18-32;1-16(2)20-7-5-6-8-21(20)22-14-28-25(18(4)17(22)3)29-26(30)27(11-12-27)19-9-10-23-24(13-19)32-15-31-23;1-27(2)32(29)19-7-3-16(4-8-19)17-5-10-22(25-14-17)26-23(28)24(11-12-24)18-6-9-20-21(13-18)31-15-30-20;24-20(21(13-14-21)18-9-5-2-6-10-18)23-19-12-11-17(15-22-19)16-7-3-1-4-8-16;;;;;/h3,6-13,17,21,32H,4-5,14-16,18H2,1-2H3,(H,29,30,33);5-10,13-14,16H,11-12,15H2,1-4H3,(H,28,29,30);3-10,13-14H,11-12,15H2,1-2H3,(H,25,26,28);1-12,15H,13-14H2,(H,22,23,24);1H2;4*1H/t21-;;;;;;;;/m1......../s1. The molecule has 19 rings (SSSR count).